The average Bonchev–Trinajstić information content (AvgIpc) is 3.00. The molecule has 2 atom stereocenters. The van der Waals surface area contributed by atoms with Crippen molar-refractivity contribution in [2.24, 2.45) is 5.18 Å². The molecule has 0 saturated carbocycles. The molecule has 0 saturated heterocycles. The van der Waals surface area contributed by atoms with Gasteiger partial charge in [-0.3, -0.25) is 14.9 Å². The van der Waals surface area contributed by atoms with E-state index >= 15 is 0 Å². The lowest BCUT2D eigenvalue weighted by Gasteiger charge is -2.10. The molecule has 9 nitrogen and oxygen atoms in total. The van der Waals surface area contributed by atoms with E-state index in [1.54, 1.807) is 13.8 Å². The fraction of sp³-hybridized carbons (Fsp3) is 0.571. The maximum absolute atomic E-state index is 11.9. The van der Waals surface area contributed by atoms with Gasteiger partial charge in [-0.05, 0) is 18.6 Å². The van der Waals surface area contributed by atoms with Crippen molar-refractivity contribution in [3.8, 4) is 0 Å². The molecular formula is C14H21N5O4. The summed E-state index contributed by atoms with van der Waals surface area (Å²) in [5.74, 6) is 0.283. The zero-order chi connectivity index (χ0) is 17.4. The number of aromatic nitrogens is 2. The molecule has 1 rings (SSSR count). The van der Waals surface area contributed by atoms with E-state index in [1.807, 2.05) is 6.92 Å². The Bertz CT molecular complexity index is 596. The third-order valence-electron chi connectivity index (χ3n) is 3.44. The number of imidazole rings is 1. The molecule has 1 heterocycles. The first-order valence-electron chi connectivity index (χ1n) is 7.39. The molecule has 1 aromatic heterocycles. The molecule has 1 aromatic rings. The third kappa shape index (κ3) is 5.28. The highest BCUT2D eigenvalue weighted by Gasteiger charge is 2.21. The van der Waals surface area contributed by atoms with E-state index in [1.165, 1.54) is 12.3 Å². The molecule has 0 aliphatic carbocycles. The second-order valence-electron chi connectivity index (χ2n) is 5.10. The maximum Gasteiger partial charge on any atom is 0.269 e. The van der Waals surface area contributed by atoms with E-state index in [9.17, 15) is 19.8 Å². The molecule has 0 spiro atoms. The van der Waals surface area contributed by atoms with Gasteiger partial charge in [0, 0.05) is 24.3 Å². The molecule has 0 aliphatic rings. The van der Waals surface area contributed by atoms with Crippen molar-refractivity contribution in [2.45, 2.75) is 45.7 Å². The third-order valence-corrected chi connectivity index (χ3v) is 3.44. The maximum atomic E-state index is 11.9. The van der Waals surface area contributed by atoms with Gasteiger partial charge in [0.25, 0.3) is 5.91 Å². The molecule has 0 aliphatic heterocycles. The summed E-state index contributed by atoms with van der Waals surface area (Å²) < 4.78 is 0. The monoisotopic (exact) mass is 323 g/mol. The summed E-state index contributed by atoms with van der Waals surface area (Å²) >= 11 is 0. The smallest absolute Gasteiger partial charge is 0.269 e. The van der Waals surface area contributed by atoms with Gasteiger partial charge in [-0.2, -0.15) is 4.91 Å². The number of aromatic amines is 1. The van der Waals surface area contributed by atoms with E-state index in [0.29, 0.717) is 29.9 Å². The van der Waals surface area contributed by atoms with Crippen LogP contribution in [0.5, 0.6) is 0 Å². The van der Waals surface area contributed by atoms with Crippen molar-refractivity contribution in [3.05, 3.63) is 44.4 Å². The summed E-state index contributed by atoms with van der Waals surface area (Å²) in [5.41, 5.74) is 0.745. The highest BCUT2D eigenvalue weighted by molar-refractivity contribution is 5.92. The summed E-state index contributed by atoms with van der Waals surface area (Å²) in [6.07, 6.45) is 3.83. The van der Waals surface area contributed by atoms with Gasteiger partial charge in [0.05, 0.1) is 6.20 Å². The Kier molecular flexibility index (Phi) is 7.04. The lowest BCUT2D eigenvalue weighted by Crippen LogP contribution is -2.31. The fourth-order valence-electron chi connectivity index (χ4n) is 2.13. The number of hydrogen-bond acceptors (Lipinski definition) is 6. The topological polar surface area (TPSA) is 130 Å². The van der Waals surface area contributed by atoms with Crippen molar-refractivity contribution < 1.29 is 9.72 Å². The zero-order valence-corrected chi connectivity index (χ0v) is 13.4. The number of nitroso groups, excluding NO2 is 1. The van der Waals surface area contributed by atoms with E-state index < -0.39 is 22.9 Å². The molecule has 126 valence electrons. The largest absolute Gasteiger partial charge is 0.348 e. The first-order chi connectivity index (χ1) is 10.9. The van der Waals surface area contributed by atoms with Crippen molar-refractivity contribution >= 4 is 5.91 Å². The van der Waals surface area contributed by atoms with Crippen LogP contribution in [0, 0.1) is 15.0 Å². The number of aryl methyl sites for hydroxylation is 1. The lowest BCUT2D eigenvalue weighted by molar-refractivity contribution is -0.512. The minimum atomic E-state index is -0.860. The van der Waals surface area contributed by atoms with Crippen LogP contribution in [0.2, 0.25) is 0 Å². The summed E-state index contributed by atoms with van der Waals surface area (Å²) in [7, 11) is 0. The van der Waals surface area contributed by atoms with Gasteiger partial charge in [0.2, 0.25) is 6.04 Å². The second kappa shape index (κ2) is 8.76. The van der Waals surface area contributed by atoms with Gasteiger partial charge in [0.1, 0.15) is 17.6 Å². The summed E-state index contributed by atoms with van der Waals surface area (Å²) in [4.78, 5) is 40.2. The lowest BCUT2D eigenvalue weighted by atomic mass is 10.0. The Balaban J connectivity index is 2.67. The van der Waals surface area contributed by atoms with E-state index in [4.69, 9.17) is 0 Å². The van der Waals surface area contributed by atoms with Gasteiger partial charge >= 0.3 is 0 Å². The van der Waals surface area contributed by atoms with Crippen LogP contribution >= 0.6 is 0 Å². The molecule has 23 heavy (non-hydrogen) atoms. The van der Waals surface area contributed by atoms with E-state index in [-0.39, 0.29) is 6.54 Å². The molecule has 0 fully saturated rings. The Morgan fingerprint density at radius 1 is 1.57 bits per heavy atom. The molecule has 0 bridgehead atoms. The highest BCUT2D eigenvalue weighted by Crippen LogP contribution is 2.11. The first kappa shape index (κ1) is 18.5. The molecule has 0 radical (unpaired) electrons. The second-order valence-corrected chi connectivity index (χ2v) is 5.10. The molecule has 0 aromatic carbocycles. The minimum absolute atomic E-state index is 0.0334. The standard InChI is InChI=1S/C14H21N5O4/c1-4-12(19(22)23)9(3)6-10(18-21)7-16-14(20)11-8-15-13(5-2)17-11/h6,8,10,12H,4-5,7H2,1-3H3,(H,15,17)(H,16,20). The predicted octanol–water partition coefficient (Wildman–Crippen LogP) is 1.84. The van der Waals surface area contributed by atoms with Crippen molar-refractivity contribution in [1.82, 2.24) is 15.3 Å². The zero-order valence-electron chi connectivity index (χ0n) is 13.4. The van der Waals surface area contributed by atoms with Crippen LogP contribution in [0.4, 0.5) is 0 Å². The Morgan fingerprint density at radius 2 is 2.26 bits per heavy atom. The number of amides is 1. The molecule has 9 heteroatoms. The number of rotatable bonds is 9. The Hall–Kier alpha value is -2.58. The number of nitrogens with zero attached hydrogens (tertiary/aromatic N) is 3. The average molecular weight is 323 g/mol. The van der Waals surface area contributed by atoms with Crippen LogP contribution in [0.15, 0.2) is 23.0 Å². The quantitative estimate of drug-likeness (QED) is 0.310. The van der Waals surface area contributed by atoms with Crippen LogP contribution in [0.3, 0.4) is 0 Å². The number of nitro groups is 1. The van der Waals surface area contributed by atoms with Crippen LogP contribution in [0.25, 0.3) is 0 Å². The molecular weight excluding hydrogens is 302 g/mol. The fourth-order valence-corrected chi connectivity index (χ4v) is 2.13. The summed E-state index contributed by atoms with van der Waals surface area (Å²) in [6, 6.07) is -1.71. The van der Waals surface area contributed by atoms with Crippen LogP contribution in [0.1, 0.15) is 43.5 Å². The normalized spacial score (nSPS) is 14.1. The van der Waals surface area contributed by atoms with Crippen molar-refractivity contribution in [2.75, 3.05) is 6.54 Å². The molecule has 2 unspecified atom stereocenters. The number of hydrogen-bond donors (Lipinski definition) is 2. The van der Waals surface area contributed by atoms with Crippen LogP contribution < -0.4 is 5.32 Å². The van der Waals surface area contributed by atoms with Crippen LogP contribution in [-0.4, -0.2) is 39.4 Å². The number of carbonyl (C=O) groups is 1. The molecule has 2 N–H and O–H groups in total. The van der Waals surface area contributed by atoms with Gasteiger partial charge in [-0.15, -0.1) is 0 Å². The first-order valence-corrected chi connectivity index (χ1v) is 7.39. The van der Waals surface area contributed by atoms with Crippen molar-refractivity contribution in [3.63, 3.8) is 0 Å². The highest BCUT2D eigenvalue weighted by atomic mass is 16.6. The molecule has 1 amide bonds. The van der Waals surface area contributed by atoms with E-state index in [2.05, 4.69) is 20.5 Å². The van der Waals surface area contributed by atoms with Crippen LogP contribution in [-0.2, 0) is 6.42 Å². The van der Waals surface area contributed by atoms with Gasteiger partial charge < -0.3 is 10.3 Å². The van der Waals surface area contributed by atoms with Gasteiger partial charge in [-0.1, -0.05) is 19.0 Å². The predicted molar refractivity (Wildman–Crippen MR) is 84.7 cm³/mol. The van der Waals surface area contributed by atoms with Gasteiger partial charge in [-0.25, -0.2) is 4.98 Å². The summed E-state index contributed by atoms with van der Waals surface area (Å²) in [6.45, 7) is 5.15. The Morgan fingerprint density at radius 3 is 2.74 bits per heavy atom. The van der Waals surface area contributed by atoms with Gasteiger partial charge in [0.15, 0.2) is 0 Å². The number of H-pyrrole nitrogens is 1. The number of carbonyl (C=O) groups excluding carboxylic acids is 1. The van der Waals surface area contributed by atoms with Crippen molar-refractivity contribution in [1.29, 1.82) is 0 Å². The SMILES string of the molecule is CCc1ncc(C(=O)NCC(C=C(C)C(CC)[N+](=O)[O-])N=O)[nH]1. The number of nitrogens with one attached hydrogen (secondary N) is 2. The summed E-state index contributed by atoms with van der Waals surface area (Å²) in [5, 5.41) is 16.4. The minimum Gasteiger partial charge on any atom is -0.348 e. The van der Waals surface area contributed by atoms with E-state index in [0.717, 1.165) is 0 Å². The Labute approximate surface area is 133 Å².